The molecule has 0 aliphatic heterocycles. The fraction of sp³-hybridized carbons (Fsp3) is 0.389. The number of nitrogens with zero attached hydrogens (tertiary/aromatic N) is 1. The molecule has 0 amide bonds. The molecule has 22 heavy (non-hydrogen) atoms. The lowest BCUT2D eigenvalue weighted by atomic mass is 10.1. The SMILES string of the molecule is CCCOc1ccccc1-c1ccc(CO)c(=O)n1CCC. The van der Waals surface area contributed by atoms with Crippen LogP contribution in [0.2, 0.25) is 0 Å². The van der Waals surface area contributed by atoms with Crippen LogP contribution in [-0.2, 0) is 13.2 Å². The molecule has 0 saturated heterocycles. The first kappa shape index (κ1) is 16.3. The Balaban J connectivity index is 2.57. The zero-order chi connectivity index (χ0) is 15.9. The molecule has 4 nitrogen and oxygen atoms in total. The smallest absolute Gasteiger partial charge is 0.256 e. The number of aliphatic hydroxyl groups is 1. The summed E-state index contributed by atoms with van der Waals surface area (Å²) in [5, 5.41) is 9.31. The van der Waals surface area contributed by atoms with Crippen LogP contribution in [0, 0.1) is 0 Å². The summed E-state index contributed by atoms with van der Waals surface area (Å²) in [7, 11) is 0. The van der Waals surface area contributed by atoms with E-state index in [-0.39, 0.29) is 12.2 Å². The van der Waals surface area contributed by atoms with E-state index in [1.165, 1.54) is 0 Å². The molecule has 2 rings (SSSR count). The number of rotatable bonds is 7. The highest BCUT2D eigenvalue weighted by atomic mass is 16.5. The van der Waals surface area contributed by atoms with Gasteiger partial charge in [-0.05, 0) is 37.1 Å². The Labute approximate surface area is 131 Å². The van der Waals surface area contributed by atoms with E-state index in [0.717, 1.165) is 29.8 Å². The van der Waals surface area contributed by atoms with Crippen molar-refractivity contribution in [3.05, 3.63) is 52.3 Å². The number of para-hydroxylation sites is 1. The molecule has 0 aliphatic carbocycles. The first-order valence-corrected chi connectivity index (χ1v) is 7.78. The number of hydrogen-bond donors (Lipinski definition) is 1. The molecule has 0 radical (unpaired) electrons. The van der Waals surface area contributed by atoms with Gasteiger partial charge in [-0.15, -0.1) is 0 Å². The van der Waals surface area contributed by atoms with Gasteiger partial charge < -0.3 is 14.4 Å². The maximum atomic E-state index is 12.5. The summed E-state index contributed by atoms with van der Waals surface area (Å²) in [5.74, 6) is 0.783. The molecule has 0 saturated carbocycles. The number of aromatic nitrogens is 1. The van der Waals surface area contributed by atoms with Crippen LogP contribution in [0.25, 0.3) is 11.3 Å². The molecule has 2 aromatic rings. The van der Waals surface area contributed by atoms with Crippen molar-refractivity contribution in [1.82, 2.24) is 4.57 Å². The Morgan fingerprint density at radius 2 is 1.86 bits per heavy atom. The minimum atomic E-state index is -0.239. The van der Waals surface area contributed by atoms with Gasteiger partial charge in [0.25, 0.3) is 5.56 Å². The Hall–Kier alpha value is -2.07. The molecule has 1 aromatic carbocycles. The van der Waals surface area contributed by atoms with Gasteiger partial charge in [0.15, 0.2) is 0 Å². The summed E-state index contributed by atoms with van der Waals surface area (Å²) < 4.78 is 7.53. The minimum absolute atomic E-state index is 0.132. The predicted molar refractivity (Wildman–Crippen MR) is 88.1 cm³/mol. The van der Waals surface area contributed by atoms with Crippen molar-refractivity contribution in [2.75, 3.05) is 6.61 Å². The molecule has 1 N–H and O–H groups in total. The van der Waals surface area contributed by atoms with Crippen molar-refractivity contribution in [3.63, 3.8) is 0 Å². The molecule has 0 spiro atoms. The highest BCUT2D eigenvalue weighted by Gasteiger charge is 2.13. The summed E-state index contributed by atoms with van der Waals surface area (Å²) >= 11 is 0. The highest BCUT2D eigenvalue weighted by Crippen LogP contribution is 2.29. The first-order chi connectivity index (χ1) is 10.7. The maximum Gasteiger partial charge on any atom is 0.256 e. The molecule has 118 valence electrons. The van der Waals surface area contributed by atoms with Crippen LogP contribution in [0.4, 0.5) is 0 Å². The number of ether oxygens (including phenoxy) is 1. The van der Waals surface area contributed by atoms with Crippen LogP contribution in [0.5, 0.6) is 5.75 Å². The molecule has 0 unspecified atom stereocenters. The average molecular weight is 301 g/mol. The molecule has 0 aliphatic rings. The molecule has 1 heterocycles. The van der Waals surface area contributed by atoms with Crippen LogP contribution in [-0.4, -0.2) is 16.3 Å². The van der Waals surface area contributed by atoms with Gasteiger partial charge >= 0.3 is 0 Å². The maximum absolute atomic E-state index is 12.5. The molecule has 0 atom stereocenters. The van der Waals surface area contributed by atoms with E-state index in [4.69, 9.17) is 4.74 Å². The lowest BCUT2D eigenvalue weighted by Gasteiger charge is -2.16. The van der Waals surface area contributed by atoms with E-state index in [1.807, 2.05) is 37.3 Å². The molecule has 1 aromatic heterocycles. The fourth-order valence-electron chi connectivity index (χ4n) is 2.44. The Morgan fingerprint density at radius 3 is 2.55 bits per heavy atom. The van der Waals surface area contributed by atoms with E-state index in [1.54, 1.807) is 10.6 Å². The van der Waals surface area contributed by atoms with Gasteiger partial charge in [-0.3, -0.25) is 4.79 Å². The molecular weight excluding hydrogens is 278 g/mol. The summed E-state index contributed by atoms with van der Waals surface area (Å²) in [6.45, 7) is 5.11. The molecular formula is C18H23NO3. The van der Waals surface area contributed by atoms with Gasteiger partial charge in [-0.2, -0.15) is 0 Å². The lowest BCUT2D eigenvalue weighted by Crippen LogP contribution is -2.25. The van der Waals surface area contributed by atoms with Gasteiger partial charge in [-0.25, -0.2) is 0 Å². The van der Waals surface area contributed by atoms with Crippen LogP contribution < -0.4 is 10.3 Å². The van der Waals surface area contributed by atoms with Crippen LogP contribution in [0.1, 0.15) is 32.3 Å². The predicted octanol–water partition coefficient (Wildman–Crippen LogP) is 3.21. The quantitative estimate of drug-likeness (QED) is 0.854. The van der Waals surface area contributed by atoms with Crippen molar-refractivity contribution in [3.8, 4) is 17.0 Å². The van der Waals surface area contributed by atoms with Crippen molar-refractivity contribution >= 4 is 0 Å². The summed E-state index contributed by atoms with van der Waals surface area (Å²) in [5.41, 5.74) is 2.03. The van der Waals surface area contributed by atoms with E-state index in [2.05, 4.69) is 6.92 Å². The van der Waals surface area contributed by atoms with Gasteiger partial charge in [-0.1, -0.05) is 26.0 Å². The summed E-state index contributed by atoms with van der Waals surface area (Å²) in [6.07, 6.45) is 1.78. The second kappa shape index (κ2) is 7.80. The number of aliphatic hydroxyl groups excluding tert-OH is 1. The Kier molecular flexibility index (Phi) is 5.78. The Morgan fingerprint density at radius 1 is 1.09 bits per heavy atom. The van der Waals surface area contributed by atoms with Gasteiger partial charge in [0.2, 0.25) is 0 Å². The standard InChI is InChI=1S/C18H23NO3/c1-3-11-19-16(10-9-14(13-20)18(19)21)15-7-5-6-8-17(15)22-12-4-2/h5-10,20H,3-4,11-13H2,1-2H3. The van der Waals surface area contributed by atoms with E-state index >= 15 is 0 Å². The number of pyridine rings is 1. The second-order valence-electron chi connectivity index (χ2n) is 5.20. The largest absolute Gasteiger partial charge is 0.493 e. The van der Waals surface area contributed by atoms with Crippen LogP contribution >= 0.6 is 0 Å². The van der Waals surface area contributed by atoms with Crippen molar-refractivity contribution < 1.29 is 9.84 Å². The van der Waals surface area contributed by atoms with E-state index in [9.17, 15) is 9.90 Å². The topological polar surface area (TPSA) is 51.5 Å². The third-order valence-corrected chi connectivity index (χ3v) is 3.50. The zero-order valence-corrected chi connectivity index (χ0v) is 13.2. The number of benzene rings is 1. The minimum Gasteiger partial charge on any atom is -0.493 e. The van der Waals surface area contributed by atoms with Gasteiger partial charge in [0.1, 0.15) is 5.75 Å². The van der Waals surface area contributed by atoms with Crippen molar-refractivity contribution in [1.29, 1.82) is 0 Å². The van der Waals surface area contributed by atoms with E-state index < -0.39 is 0 Å². The fourth-order valence-corrected chi connectivity index (χ4v) is 2.44. The Bertz CT molecular complexity index is 676. The monoisotopic (exact) mass is 301 g/mol. The molecule has 0 fully saturated rings. The third kappa shape index (κ3) is 3.39. The second-order valence-corrected chi connectivity index (χ2v) is 5.20. The van der Waals surface area contributed by atoms with Gasteiger partial charge in [0.05, 0.1) is 18.9 Å². The van der Waals surface area contributed by atoms with Crippen molar-refractivity contribution in [2.24, 2.45) is 0 Å². The van der Waals surface area contributed by atoms with Crippen LogP contribution in [0.15, 0.2) is 41.2 Å². The lowest BCUT2D eigenvalue weighted by molar-refractivity contribution is 0.279. The average Bonchev–Trinajstić information content (AvgIpc) is 2.55. The van der Waals surface area contributed by atoms with Crippen molar-refractivity contribution in [2.45, 2.75) is 39.8 Å². The summed E-state index contributed by atoms with van der Waals surface area (Å²) in [4.78, 5) is 12.5. The summed E-state index contributed by atoms with van der Waals surface area (Å²) in [6, 6.07) is 11.3. The highest BCUT2D eigenvalue weighted by molar-refractivity contribution is 5.67. The van der Waals surface area contributed by atoms with Gasteiger partial charge in [0, 0.05) is 17.7 Å². The molecule has 0 bridgehead atoms. The molecule has 4 heteroatoms. The third-order valence-electron chi connectivity index (χ3n) is 3.50. The first-order valence-electron chi connectivity index (χ1n) is 7.78. The zero-order valence-electron chi connectivity index (χ0n) is 13.2. The van der Waals surface area contributed by atoms with E-state index in [0.29, 0.717) is 18.7 Å². The normalized spacial score (nSPS) is 10.7. The number of hydrogen-bond acceptors (Lipinski definition) is 3. The van der Waals surface area contributed by atoms with Crippen LogP contribution in [0.3, 0.4) is 0 Å².